The van der Waals surface area contributed by atoms with Gasteiger partial charge in [0, 0.05) is 19.1 Å². The second-order valence-electron chi connectivity index (χ2n) is 14.9. The summed E-state index contributed by atoms with van der Waals surface area (Å²) in [6.45, 7) is 13.2. The van der Waals surface area contributed by atoms with Gasteiger partial charge in [0.05, 0.1) is 10.9 Å². The summed E-state index contributed by atoms with van der Waals surface area (Å²) < 4.78 is 28.1. The van der Waals surface area contributed by atoms with Crippen LogP contribution in [-0.4, -0.2) is 80.1 Å². The van der Waals surface area contributed by atoms with Gasteiger partial charge in [-0.25, -0.2) is 17.9 Å². The van der Waals surface area contributed by atoms with Crippen LogP contribution in [0.3, 0.4) is 0 Å². The molecule has 268 valence electrons. The lowest BCUT2D eigenvalue weighted by atomic mass is 9.80. The highest BCUT2D eigenvalue weighted by Gasteiger charge is 2.48. The molecule has 1 aromatic carbocycles. The molecule has 5 amide bonds. The van der Waals surface area contributed by atoms with Crippen molar-refractivity contribution in [3.63, 3.8) is 0 Å². The topological polar surface area (TPSA) is 197 Å². The predicted octanol–water partition coefficient (Wildman–Crippen LogP) is 2.31. The van der Waals surface area contributed by atoms with Crippen LogP contribution in [-0.2, 0) is 29.2 Å². The van der Waals surface area contributed by atoms with Crippen LogP contribution in [0.1, 0.15) is 80.6 Å². The van der Waals surface area contributed by atoms with Gasteiger partial charge in [0.25, 0.3) is 5.91 Å². The van der Waals surface area contributed by atoms with E-state index in [2.05, 4.69) is 20.7 Å². The molecule has 0 spiro atoms. The number of benzene rings is 1. The molecule has 0 radical (unpaired) electrons. The zero-order valence-corrected chi connectivity index (χ0v) is 30.1. The number of hydrogen-bond acceptors (Lipinski definition) is 7. The highest BCUT2D eigenvalue weighted by atomic mass is 32.2. The first-order chi connectivity index (χ1) is 22.3. The molecule has 1 heterocycles. The lowest BCUT2D eigenvalue weighted by Crippen LogP contribution is -2.62. The van der Waals surface area contributed by atoms with Gasteiger partial charge in [-0.3, -0.25) is 19.2 Å². The average Bonchev–Trinajstić information content (AvgIpc) is 3.44. The molecule has 13 nitrogen and oxygen atoms in total. The minimum atomic E-state index is -3.81. The fraction of sp³-hybridized carbons (Fsp3) is 0.676. The second kappa shape index (κ2) is 16.3. The number of hydrogen-bond donors (Lipinski definition) is 5. The number of nitrogens with two attached hydrogens (primary N) is 1. The van der Waals surface area contributed by atoms with Gasteiger partial charge >= 0.3 is 6.03 Å². The number of sulfonamides is 1. The molecule has 2 aliphatic rings. The Morgan fingerprint density at radius 2 is 1.56 bits per heavy atom. The molecule has 2 fully saturated rings. The summed E-state index contributed by atoms with van der Waals surface area (Å²) in [6, 6.07) is 3.61. The molecule has 1 saturated carbocycles. The van der Waals surface area contributed by atoms with Crippen LogP contribution < -0.4 is 26.4 Å². The summed E-state index contributed by atoms with van der Waals surface area (Å²) in [5, 5.41) is 8.39. The second-order valence-corrected chi connectivity index (χ2v) is 16.7. The number of urea groups is 1. The van der Waals surface area contributed by atoms with E-state index in [9.17, 15) is 32.4 Å². The first-order valence-electron chi connectivity index (χ1n) is 16.9. The van der Waals surface area contributed by atoms with Gasteiger partial charge in [0.1, 0.15) is 12.1 Å². The summed E-state index contributed by atoms with van der Waals surface area (Å²) in [4.78, 5) is 67.7. The summed E-state index contributed by atoms with van der Waals surface area (Å²) in [5.41, 5.74) is 4.55. The van der Waals surface area contributed by atoms with E-state index in [4.69, 9.17) is 5.73 Å². The van der Waals surface area contributed by atoms with Gasteiger partial charge < -0.3 is 26.6 Å². The van der Waals surface area contributed by atoms with E-state index >= 15 is 0 Å². The lowest BCUT2D eigenvalue weighted by molar-refractivity contribution is -0.144. The summed E-state index contributed by atoms with van der Waals surface area (Å²) >= 11 is 0. The lowest BCUT2D eigenvalue weighted by Gasteiger charge is -2.37. The summed E-state index contributed by atoms with van der Waals surface area (Å²) in [7, 11) is -3.81. The van der Waals surface area contributed by atoms with Gasteiger partial charge in [-0.1, -0.05) is 85.9 Å². The Kier molecular flexibility index (Phi) is 13.2. The quantitative estimate of drug-likeness (QED) is 0.174. The molecule has 1 aliphatic carbocycles. The molecule has 0 aromatic heterocycles. The van der Waals surface area contributed by atoms with Crippen LogP contribution in [0.2, 0.25) is 0 Å². The van der Waals surface area contributed by atoms with Crippen molar-refractivity contribution in [2.45, 2.75) is 110 Å². The Morgan fingerprint density at radius 3 is 2.06 bits per heavy atom. The molecule has 14 heteroatoms. The first kappa shape index (κ1) is 38.9. The standard InChI is InChI=1S/C34H54N6O7S/c1-20(2)24-16-17-40(27(24)31(43)37-25(28(41)30(35)42)18-22-12-11-13-22)32(44)29(34(5,6)7)39-33(45)38-26(21(3)4)19-36-48(46,47)23-14-9-8-10-15-23/h8-10,14-15,20-22,24-27,29,36H,11-13,16-19H2,1-7H3,(H2,35,42)(H,37,43)(H2,38,39,45)/t24-,25?,26-,27+,29-/m1/s1. The van der Waals surface area contributed by atoms with Crippen LogP contribution >= 0.6 is 0 Å². The number of likely N-dealkylation sites (tertiary alicyclic amines) is 1. The van der Waals surface area contributed by atoms with Gasteiger partial charge in [-0.15, -0.1) is 0 Å². The maximum absolute atomic E-state index is 14.3. The van der Waals surface area contributed by atoms with Crippen molar-refractivity contribution in [1.82, 2.24) is 25.6 Å². The van der Waals surface area contributed by atoms with E-state index in [1.54, 1.807) is 39.0 Å². The van der Waals surface area contributed by atoms with E-state index in [1.165, 1.54) is 17.0 Å². The molecule has 1 unspecified atom stereocenters. The average molecular weight is 691 g/mol. The van der Waals surface area contributed by atoms with E-state index in [-0.39, 0.29) is 41.7 Å². The van der Waals surface area contributed by atoms with Crippen molar-refractivity contribution in [2.75, 3.05) is 13.1 Å². The van der Waals surface area contributed by atoms with Crippen molar-refractivity contribution in [1.29, 1.82) is 0 Å². The number of amides is 5. The predicted molar refractivity (Wildman–Crippen MR) is 182 cm³/mol. The Hall–Kier alpha value is -3.52. The summed E-state index contributed by atoms with van der Waals surface area (Å²) in [6.07, 6.45) is 3.67. The molecule has 0 bridgehead atoms. The maximum Gasteiger partial charge on any atom is 0.315 e. The molecule has 5 atom stereocenters. The molecule has 6 N–H and O–H groups in total. The number of carbonyl (C=O) groups is 5. The third-order valence-corrected chi connectivity index (χ3v) is 11.0. The molecule has 1 aliphatic heterocycles. The largest absolute Gasteiger partial charge is 0.363 e. The maximum atomic E-state index is 14.3. The number of rotatable bonds is 15. The van der Waals surface area contributed by atoms with Crippen molar-refractivity contribution in [2.24, 2.45) is 34.8 Å². The minimum absolute atomic E-state index is 0.0197. The van der Waals surface area contributed by atoms with E-state index < -0.39 is 69.1 Å². The van der Waals surface area contributed by atoms with Crippen molar-refractivity contribution < 1.29 is 32.4 Å². The van der Waals surface area contributed by atoms with Gasteiger partial charge in [0.2, 0.25) is 27.6 Å². The third kappa shape index (κ3) is 10.0. The highest BCUT2D eigenvalue weighted by molar-refractivity contribution is 7.89. The molecular formula is C34H54N6O7S. The fourth-order valence-corrected chi connectivity index (χ4v) is 7.39. The van der Waals surface area contributed by atoms with Gasteiger partial charge in [0.15, 0.2) is 0 Å². The Morgan fingerprint density at radius 1 is 0.938 bits per heavy atom. The fourth-order valence-electron chi connectivity index (χ4n) is 6.31. The SMILES string of the molecule is CC(C)[C@H]1CCN(C(=O)[C@@H](NC(=O)N[C@H](CNS(=O)(=O)c2ccccc2)C(C)C)C(C)(C)C)[C@@H]1C(=O)NC(CC1CCC1)C(=O)C(N)=O. The number of nitrogens with zero attached hydrogens (tertiary/aromatic N) is 1. The summed E-state index contributed by atoms with van der Waals surface area (Å²) in [5.74, 6) is -3.11. The number of nitrogens with one attached hydrogen (secondary N) is 4. The highest BCUT2D eigenvalue weighted by Crippen LogP contribution is 2.34. The molecular weight excluding hydrogens is 636 g/mol. The van der Waals surface area contributed by atoms with E-state index in [1.807, 2.05) is 27.7 Å². The molecule has 1 aromatic rings. The molecule has 3 rings (SSSR count). The van der Waals surface area contributed by atoms with Crippen LogP contribution in [0.5, 0.6) is 0 Å². The van der Waals surface area contributed by atoms with Crippen LogP contribution in [0.15, 0.2) is 35.2 Å². The monoisotopic (exact) mass is 690 g/mol. The number of primary amides is 1. The zero-order chi connectivity index (χ0) is 36.0. The van der Waals surface area contributed by atoms with Crippen LogP contribution in [0.25, 0.3) is 0 Å². The number of carbonyl (C=O) groups excluding carboxylic acids is 5. The molecule has 1 saturated heterocycles. The smallest absolute Gasteiger partial charge is 0.315 e. The van der Waals surface area contributed by atoms with Crippen molar-refractivity contribution in [3.05, 3.63) is 30.3 Å². The van der Waals surface area contributed by atoms with Gasteiger partial charge in [-0.05, 0) is 54.1 Å². The van der Waals surface area contributed by atoms with Crippen molar-refractivity contribution in [3.8, 4) is 0 Å². The van der Waals surface area contributed by atoms with Crippen molar-refractivity contribution >= 4 is 39.6 Å². The minimum Gasteiger partial charge on any atom is -0.363 e. The number of ketones is 1. The Balaban J connectivity index is 1.78. The molecule has 48 heavy (non-hydrogen) atoms. The van der Waals surface area contributed by atoms with Crippen LogP contribution in [0.4, 0.5) is 4.79 Å². The van der Waals surface area contributed by atoms with Gasteiger partial charge in [-0.2, -0.15) is 0 Å². The van der Waals surface area contributed by atoms with E-state index in [0.29, 0.717) is 12.8 Å². The Labute approximate surface area is 285 Å². The third-order valence-electron chi connectivity index (χ3n) is 9.58. The first-order valence-corrected chi connectivity index (χ1v) is 18.4. The van der Waals surface area contributed by atoms with Crippen LogP contribution in [0, 0.1) is 29.1 Å². The Bertz CT molecular complexity index is 1420. The zero-order valence-electron chi connectivity index (χ0n) is 29.2. The normalized spacial score (nSPS) is 20.5. The number of Topliss-reactive ketones (excluding diaryl/α,β-unsaturated/α-hetero) is 1. The van der Waals surface area contributed by atoms with E-state index in [0.717, 1.165) is 19.3 Å².